The van der Waals surface area contributed by atoms with Gasteiger partial charge in [0.1, 0.15) is 5.82 Å². The molecule has 0 radical (unpaired) electrons. The van der Waals surface area contributed by atoms with Gasteiger partial charge in [-0.15, -0.1) is 10.2 Å². The number of sulfone groups is 1. The Balaban J connectivity index is 1.64. The lowest BCUT2D eigenvalue weighted by Gasteiger charge is -2.17. The van der Waals surface area contributed by atoms with E-state index >= 15 is 0 Å². The van der Waals surface area contributed by atoms with Gasteiger partial charge in [0, 0.05) is 12.1 Å². The summed E-state index contributed by atoms with van der Waals surface area (Å²) in [5, 5.41) is 7.27. The predicted octanol–water partition coefficient (Wildman–Crippen LogP) is 3.31. The molecule has 0 fully saturated rings. The van der Waals surface area contributed by atoms with Crippen LogP contribution < -0.4 is 5.73 Å². The molecule has 0 saturated heterocycles. The van der Waals surface area contributed by atoms with E-state index in [1.807, 2.05) is 19.0 Å². The number of halogens is 1. The Morgan fingerprint density at radius 2 is 1.74 bits per heavy atom. The molecule has 0 aliphatic heterocycles. The first-order valence-electron chi connectivity index (χ1n) is 10.4. The molecular formula is C23H23FN6O3S. The maximum atomic E-state index is 14.1. The summed E-state index contributed by atoms with van der Waals surface area (Å²) in [6.45, 7) is 2.09. The number of nitrogens with two attached hydrogens (primary N) is 1. The van der Waals surface area contributed by atoms with Crippen LogP contribution in [0.5, 0.6) is 0 Å². The van der Waals surface area contributed by atoms with Gasteiger partial charge in [-0.3, -0.25) is 0 Å². The molecular weight excluding hydrogens is 459 g/mol. The Morgan fingerprint density at radius 1 is 1.06 bits per heavy atom. The van der Waals surface area contributed by atoms with Crippen LogP contribution in [0, 0.1) is 5.82 Å². The molecule has 1 unspecified atom stereocenters. The molecule has 4 aromatic rings. The smallest absolute Gasteiger partial charge is 0.270 e. The normalized spacial score (nSPS) is 12.7. The minimum Gasteiger partial charge on any atom is -0.414 e. The van der Waals surface area contributed by atoms with Crippen LogP contribution in [0.25, 0.3) is 34.3 Å². The van der Waals surface area contributed by atoms with Crippen LogP contribution in [0.4, 0.5) is 10.2 Å². The zero-order valence-corrected chi connectivity index (χ0v) is 19.6. The van der Waals surface area contributed by atoms with E-state index < -0.39 is 20.9 Å². The molecule has 2 N–H and O–H groups in total. The Hall–Kier alpha value is -3.70. The molecule has 0 amide bonds. The predicted molar refractivity (Wildman–Crippen MR) is 126 cm³/mol. The van der Waals surface area contributed by atoms with Crippen LogP contribution in [-0.2, 0) is 9.84 Å². The second kappa shape index (κ2) is 9.27. The van der Waals surface area contributed by atoms with Crippen molar-refractivity contribution in [2.24, 2.45) is 0 Å². The summed E-state index contributed by atoms with van der Waals surface area (Å²) in [7, 11) is 0.177. The quantitative estimate of drug-likeness (QED) is 0.422. The van der Waals surface area contributed by atoms with Crippen molar-refractivity contribution >= 4 is 15.7 Å². The lowest BCUT2D eigenvalue weighted by Crippen LogP contribution is -2.30. The molecule has 0 aliphatic carbocycles. The highest BCUT2D eigenvalue weighted by atomic mass is 32.2. The van der Waals surface area contributed by atoms with E-state index in [9.17, 15) is 12.8 Å². The molecule has 2 heterocycles. The van der Waals surface area contributed by atoms with Gasteiger partial charge in [0.25, 0.3) is 11.8 Å². The van der Waals surface area contributed by atoms with Gasteiger partial charge in [0.2, 0.25) is 0 Å². The maximum Gasteiger partial charge on any atom is 0.270 e. The topological polar surface area (TPSA) is 128 Å². The highest BCUT2D eigenvalue weighted by molar-refractivity contribution is 7.92. The van der Waals surface area contributed by atoms with Crippen LogP contribution in [-0.4, -0.2) is 59.4 Å². The van der Waals surface area contributed by atoms with E-state index in [0.717, 1.165) is 0 Å². The average molecular weight is 483 g/mol. The number of benzene rings is 2. The number of hydrogen-bond donors (Lipinski definition) is 1. The Kier molecular flexibility index (Phi) is 6.40. The molecule has 2 aromatic heterocycles. The second-order valence-corrected chi connectivity index (χ2v) is 10.4. The summed E-state index contributed by atoms with van der Waals surface area (Å²) in [5.74, 6) is -0.465. The summed E-state index contributed by atoms with van der Waals surface area (Å²) < 4.78 is 45.3. The molecule has 34 heavy (non-hydrogen) atoms. The summed E-state index contributed by atoms with van der Waals surface area (Å²) >= 11 is 0. The monoisotopic (exact) mass is 482 g/mol. The molecule has 2 aromatic carbocycles. The lowest BCUT2D eigenvalue weighted by molar-refractivity contribution is 0.405. The fourth-order valence-electron chi connectivity index (χ4n) is 3.42. The van der Waals surface area contributed by atoms with Crippen molar-refractivity contribution < 1.29 is 17.2 Å². The van der Waals surface area contributed by atoms with Crippen molar-refractivity contribution in [3.05, 3.63) is 60.5 Å². The highest BCUT2D eigenvalue weighted by Crippen LogP contribution is 2.29. The third kappa shape index (κ3) is 4.66. The highest BCUT2D eigenvalue weighted by Gasteiger charge is 2.24. The number of nitrogen functional groups attached to an aromatic ring is 1. The Morgan fingerprint density at radius 3 is 2.41 bits per heavy atom. The van der Waals surface area contributed by atoms with Crippen molar-refractivity contribution in [1.29, 1.82) is 0 Å². The van der Waals surface area contributed by atoms with Gasteiger partial charge >= 0.3 is 0 Å². The first-order valence-corrected chi connectivity index (χ1v) is 11.9. The second-order valence-electron chi connectivity index (χ2n) is 8.02. The number of hydrogen-bond acceptors (Lipinski definition) is 9. The van der Waals surface area contributed by atoms with E-state index in [4.69, 9.17) is 10.2 Å². The fraction of sp³-hybridized carbons (Fsp3) is 0.217. The maximum absolute atomic E-state index is 14.1. The lowest BCUT2D eigenvalue weighted by atomic mass is 10.1. The van der Waals surface area contributed by atoms with Gasteiger partial charge in [-0.05, 0) is 45.3 Å². The van der Waals surface area contributed by atoms with Crippen LogP contribution >= 0.6 is 0 Å². The molecule has 1 atom stereocenters. The molecule has 0 spiro atoms. The SMILES string of the molecule is CC(CN(C)C)S(=O)(=O)c1ccc(-c2cnc(N)c(-c3nnc(-c4ccccc4F)o3)n2)cc1. The first-order chi connectivity index (χ1) is 16.2. The van der Waals surface area contributed by atoms with Gasteiger partial charge in [-0.1, -0.05) is 24.3 Å². The van der Waals surface area contributed by atoms with Gasteiger partial charge in [0.15, 0.2) is 21.3 Å². The zero-order valence-electron chi connectivity index (χ0n) is 18.8. The Bertz CT molecular complexity index is 1420. The van der Waals surface area contributed by atoms with Crippen LogP contribution in [0.1, 0.15) is 6.92 Å². The fourth-order valence-corrected chi connectivity index (χ4v) is 4.89. The average Bonchev–Trinajstić information content (AvgIpc) is 3.29. The van der Waals surface area contributed by atoms with E-state index in [-0.39, 0.29) is 33.8 Å². The van der Waals surface area contributed by atoms with E-state index in [0.29, 0.717) is 17.8 Å². The summed E-state index contributed by atoms with van der Waals surface area (Å²) in [5.41, 5.74) is 7.33. The van der Waals surface area contributed by atoms with Crippen LogP contribution in [0.3, 0.4) is 0 Å². The molecule has 0 aliphatic rings. The van der Waals surface area contributed by atoms with Crippen molar-refractivity contribution in [2.75, 3.05) is 26.4 Å². The van der Waals surface area contributed by atoms with E-state index in [1.165, 1.54) is 30.5 Å². The Labute approximate surface area is 196 Å². The van der Waals surface area contributed by atoms with Crippen LogP contribution in [0.2, 0.25) is 0 Å². The molecule has 0 saturated carbocycles. The number of anilines is 1. The van der Waals surface area contributed by atoms with Gasteiger partial charge in [0.05, 0.1) is 27.6 Å². The van der Waals surface area contributed by atoms with Gasteiger partial charge in [-0.2, -0.15) is 0 Å². The number of rotatable bonds is 7. The first kappa shape index (κ1) is 23.5. The van der Waals surface area contributed by atoms with Crippen molar-refractivity contribution in [3.8, 4) is 34.3 Å². The zero-order chi connectivity index (χ0) is 24.5. The van der Waals surface area contributed by atoms with Gasteiger partial charge < -0.3 is 15.1 Å². The summed E-state index contributed by atoms with van der Waals surface area (Å²) in [4.78, 5) is 10.7. The van der Waals surface area contributed by atoms with E-state index in [2.05, 4.69) is 20.2 Å². The van der Waals surface area contributed by atoms with E-state index in [1.54, 1.807) is 31.2 Å². The molecule has 4 rings (SSSR count). The third-order valence-corrected chi connectivity index (χ3v) is 7.30. The largest absolute Gasteiger partial charge is 0.414 e. The van der Waals surface area contributed by atoms with Crippen LogP contribution in [0.15, 0.2) is 64.0 Å². The third-order valence-electron chi connectivity index (χ3n) is 5.16. The molecule has 11 heteroatoms. The summed E-state index contributed by atoms with van der Waals surface area (Å²) in [6.07, 6.45) is 1.46. The molecule has 176 valence electrons. The molecule has 9 nitrogen and oxygen atoms in total. The van der Waals surface area contributed by atoms with Crippen molar-refractivity contribution in [1.82, 2.24) is 25.1 Å². The van der Waals surface area contributed by atoms with Crippen molar-refractivity contribution in [3.63, 3.8) is 0 Å². The van der Waals surface area contributed by atoms with Gasteiger partial charge in [-0.25, -0.2) is 22.8 Å². The minimum atomic E-state index is -3.48. The number of aromatic nitrogens is 4. The number of nitrogens with zero attached hydrogens (tertiary/aromatic N) is 5. The van der Waals surface area contributed by atoms with Crippen molar-refractivity contribution in [2.45, 2.75) is 17.1 Å². The minimum absolute atomic E-state index is 0.0122. The molecule has 0 bridgehead atoms. The summed E-state index contributed by atoms with van der Waals surface area (Å²) in [6, 6.07) is 12.4. The standard InChI is InChI=1S/C23H23FN6O3S/c1-14(13-30(2)3)34(31,32)16-10-8-15(9-11-16)19-12-26-21(25)20(27-19)23-29-28-22(33-23)17-6-4-5-7-18(17)24/h4-12,14H,13H2,1-3H3,(H2,25,26).